The molecular formula is C29H21FN4O3. The van der Waals surface area contributed by atoms with Gasteiger partial charge in [-0.25, -0.2) is 14.3 Å². The zero-order valence-electron chi connectivity index (χ0n) is 19.7. The van der Waals surface area contributed by atoms with Gasteiger partial charge in [-0.1, -0.05) is 42.5 Å². The number of nitrogens with zero attached hydrogens (tertiary/aromatic N) is 4. The molecular weight excluding hydrogens is 471 g/mol. The van der Waals surface area contributed by atoms with E-state index in [1.807, 2.05) is 36.4 Å². The second-order valence-electron chi connectivity index (χ2n) is 10.2. The summed E-state index contributed by atoms with van der Waals surface area (Å²) in [7, 11) is 0. The Kier molecular flexibility index (Phi) is 3.96. The zero-order valence-corrected chi connectivity index (χ0v) is 19.7. The lowest BCUT2D eigenvalue weighted by atomic mass is 9.75. The second kappa shape index (κ2) is 6.98. The molecule has 4 unspecified atom stereocenters. The quantitative estimate of drug-likeness (QED) is 0.381. The molecule has 2 amide bonds. The number of anilines is 1. The molecule has 0 N–H and O–H groups in total. The lowest BCUT2D eigenvalue weighted by Crippen LogP contribution is -2.51. The first-order chi connectivity index (χ1) is 18.0. The third-order valence-electron chi connectivity index (χ3n) is 8.73. The minimum absolute atomic E-state index is 0.0262. The molecule has 1 aromatic heterocycles. The van der Waals surface area contributed by atoms with Crippen LogP contribution in [0.5, 0.6) is 0 Å². The Morgan fingerprint density at radius 3 is 2.43 bits per heavy atom. The van der Waals surface area contributed by atoms with E-state index in [0.29, 0.717) is 29.0 Å². The third-order valence-corrected chi connectivity index (χ3v) is 8.73. The van der Waals surface area contributed by atoms with Crippen molar-refractivity contribution in [3.63, 3.8) is 0 Å². The average molecular weight is 493 g/mol. The molecule has 7 nitrogen and oxygen atoms in total. The topological polar surface area (TPSA) is 75.5 Å². The number of aromatic nitrogens is 2. The summed E-state index contributed by atoms with van der Waals surface area (Å²) in [6, 6.07) is 20.5. The minimum Gasteiger partial charge on any atom is -0.283 e. The van der Waals surface area contributed by atoms with E-state index in [9.17, 15) is 18.8 Å². The Balaban J connectivity index is 1.46. The van der Waals surface area contributed by atoms with Crippen LogP contribution in [0.25, 0.3) is 16.6 Å². The standard InChI is InChI=1S/C29H21FN4O3/c30-18-10-3-6-13-21(18)33-26(36)23-22-14-7-15-32(22)29(24(23)27(33)37)17-9-2-5-12-20(17)34-25(35)16-8-1-4-11-19(16)31-28(29)34/h1-6,8-13,22-24H,7,14-15H2. The normalized spacial score (nSPS) is 27.7. The molecule has 37 heavy (non-hydrogen) atoms. The molecule has 3 fully saturated rings. The van der Waals surface area contributed by atoms with E-state index in [2.05, 4.69) is 4.90 Å². The molecule has 3 aromatic carbocycles. The number of carbonyl (C=O) groups is 2. The van der Waals surface area contributed by atoms with Crippen molar-refractivity contribution in [2.75, 3.05) is 11.4 Å². The molecule has 8 heteroatoms. The van der Waals surface area contributed by atoms with Crippen LogP contribution in [0.2, 0.25) is 0 Å². The molecule has 4 aromatic rings. The number of hydrogen-bond acceptors (Lipinski definition) is 5. The van der Waals surface area contributed by atoms with Gasteiger partial charge in [0, 0.05) is 11.6 Å². The van der Waals surface area contributed by atoms with Gasteiger partial charge in [0.25, 0.3) is 5.56 Å². The van der Waals surface area contributed by atoms with Crippen LogP contribution in [0.1, 0.15) is 24.2 Å². The van der Waals surface area contributed by atoms with Gasteiger partial charge in [0.2, 0.25) is 11.8 Å². The number of para-hydroxylation sites is 3. The van der Waals surface area contributed by atoms with Crippen LogP contribution in [0.4, 0.5) is 10.1 Å². The van der Waals surface area contributed by atoms with Crippen molar-refractivity contribution in [1.82, 2.24) is 14.5 Å². The molecule has 0 aliphatic carbocycles. The number of rotatable bonds is 1. The molecule has 4 aliphatic heterocycles. The maximum atomic E-state index is 14.9. The Hall–Kier alpha value is -4.17. The minimum atomic E-state index is -1.10. The van der Waals surface area contributed by atoms with E-state index in [0.717, 1.165) is 23.3 Å². The summed E-state index contributed by atoms with van der Waals surface area (Å²) in [5.74, 6) is -2.46. The van der Waals surface area contributed by atoms with Gasteiger partial charge >= 0.3 is 0 Å². The first-order valence-corrected chi connectivity index (χ1v) is 12.6. The van der Waals surface area contributed by atoms with E-state index >= 15 is 0 Å². The molecule has 0 bridgehead atoms. The number of fused-ring (bicyclic) bond motifs is 11. The maximum absolute atomic E-state index is 14.9. The van der Waals surface area contributed by atoms with E-state index < -0.39 is 29.1 Å². The van der Waals surface area contributed by atoms with Crippen molar-refractivity contribution >= 4 is 28.4 Å². The van der Waals surface area contributed by atoms with Gasteiger partial charge in [-0.05, 0) is 49.7 Å². The highest BCUT2D eigenvalue weighted by Crippen LogP contribution is 2.62. The van der Waals surface area contributed by atoms with Gasteiger partial charge in [-0.15, -0.1) is 0 Å². The second-order valence-corrected chi connectivity index (χ2v) is 10.2. The highest BCUT2D eigenvalue weighted by Gasteiger charge is 2.73. The van der Waals surface area contributed by atoms with Crippen LogP contribution >= 0.6 is 0 Å². The predicted molar refractivity (Wildman–Crippen MR) is 134 cm³/mol. The monoisotopic (exact) mass is 492 g/mol. The molecule has 4 atom stereocenters. The van der Waals surface area contributed by atoms with Crippen molar-refractivity contribution in [1.29, 1.82) is 0 Å². The zero-order chi connectivity index (χ0) is 25.1. The Labute approximate surface area is 210 Å². The predicted octanol–water partition coefficient (Wildman–Crippen LogP) is 3.37. The first-order valence-electron chi connectivity index (χ1n) is 12.6. The van der Waals surface area contributed by atoms with Gasteiger partial charge in [0.15, 0.2) is 0 Å². The summed E-state index contributed by atoms with van der Waals surface area (Å²) in [5.41, 5.74) is 0.696. The van der Waals surface area contributed by atoms with Crippen molar-refractivity contribution in [3.8, 4) is 5.69 Å². The van der Waals surface area contributed by atoms with E-state index in [4.69, 9.17) is 4.98 Å². The van der Waals surface area contributed by atoms with E-state index in [1.54, 1.807) is 22.8 Å². The molecule has 0 saturated carbocycles. The summed E-state index contributed by atoms with van der Waals surface area (Å²) >= 11 is 0. The van der Waals surface area contributed by atoms with Crippen LogP contribution in [-0.2, 0) is 15.1 Å². The van der Waals surface area contributed by atoms with Crippen molar-refractivity contribution in [3.05, 3.63) is 100 Å². The van der Waals surface area contributed by atoms with Gasteiger partial charge in [0.05, 0.1) is 34.1 Å². The Bertz CT molecular complexity index is 1750. The average Bonchev–Trinajstić information content (AvgIpc) is 3.62. The van der Waals surface area contributed by atoms with Gasteiger partial charge in [0.1, 0.15) is 17.2 Å². The van der Waals surface area contributed by atoms with Crippen LogP contribution in [0.3, 0.4) is 0 Å². The van der Waals surface area contributed by atoms with Crippen molar-refractivity contribution < 1.29 is 14.0 Å². The summed E-state index contributed by atoms with van der Waals surface area (Å²) in [6.45, 7) is 0.676. The van der Waals surface area contributed by atoms with E-state index in [1.165, 1.54) is 18.2 Å². The SMILES string of the molecule is O=C1C2C3CCCN3C3(c4ccccc4-n4c3nc3ccccc3c4=O)C2C(=O)N1c1ccccc1F. The number of amides is 2. The first kappa shape index (κ1) is 21.0. The summed E-state index contributed by atoms with van der Waals surface area (Å²) in [4.78, 5) is 50.4. The van der Waals surface area contributed by atoms with E-state index in [-0.39, 0.29) is 23.2 Å². The smallest absolute Gasteiger partial charge is 0.266 e. The molecule has 1 spiro atoms. The molecule has 8 rings (SSSR count). The molecule has 5 heterocycles. The van der Waals surface area contributed by atoms with Gasteiger partial charge in [-0.3, -0.25) is 23.9 Å². The van der Waals surface area contributed by atoms with Crippen LogP contribution in [0, 0.1) is 17.7 Å². The largest absolute Gasteiger partial charge is 0.283 e. The van der Waals surface area contributed by atoms with Gasteiger partial charge in [-0.2, -0.15) is 0 Å². The molecule has 4 aliphatic rings. The lowest BCUT2D eigenvalue weighted by Gasteiger charge is -2.38. The fraction of sp³-hybridized carbons (Fsp3) is 0.241. The van der Waals surface area contributed by atoms with Crippen LogP contribution in [0.15, 0.2) is 77.6 Å². The highest BCUT2D eigenvalue weighted by molar-refractivity contribution is 6.23. The molecule has 3 saturated heterocycles. The number of imide groups is 1. The molecule has 0 radical (unpaired) electrons. The number of benzene rings is 3. The van der Waals surface area contributed by atoms with Crippen molar-refractivity contribution in [2.24, 2.45) is 11.8 Å². The summed E-state index contributed by atoms with van der Waals surface area (Å²) in [6.07, 6.45) is 1.60. The number of hydrogen-bond donors (Lipinski definition) is 0. The third kappa shape index (κ3) is 2.31. The highest BCUT2D eigenvalue weighted by atomic mass is 19.1. The fourth-order valence-electron chi connectivity index (χ4n) is 7.48. The summed E-state index contributed by atoms with van der Waals surface area (Å²) in [5, 5.41) is 0.493. The van der Waals surface area contributed by atoms with Gasteiger partial charge < -0.3 is 0 Å². The lowest BCUT2D eigenvalue weighted by molar-refractivity contribution is -0.124. The molecule has 182 valence electrons. The summed E-state index contributed by atoms with van der Waals surface area (Å²) < 4.78 is 16.5. The maximum Gasteiger partial charge on any atom is 0.266 e. The Morgan fingerprint density at radius 2 is 1.59 bits per heavy atom. The van der Waals surface area contributed by atoms with Crippen molar-refractivity contribution in [2.45, 2.75) is 24.4 Å². The fourth-order valence-corrected chi connectivity index (χ4v) is 7.48. The Morgan fingerprint density at radius 1 is 0.865 bits per heavy atom. The van der Waals surface area contributed by atoms with Crippen LogP contribution in [-0.4, -0.2) is 38.9 Å². The van der Waals surface area contributed by atoms with Crippen LogP contribution < -0.4 is 10.5 Å². The number of carbonyl (C=O) groups excluding carboxylic acids is 2. The number of halogens is 1.